The van der Waals surface area contributed by atoms with Gasteiger partial charge in [0.1, 0.15) is 22.1 Å². The van der Waals surface area contributed by atoms with Crippen molar-refractivity contribution in [3.63, 3.8) is 0 Å². The molecule has 5 nitrogen and oxygen atoms in total. The largest absolute Gasteiger partial charge is 0.307 e. The van der Waals surface area contributed by atoms with Crippen LogP contribution in [0, 0.1) is 0 Å². The van der Waals surface area contributed by atoms with E-state index in [0.717, 1.165) is 47.6 Å². The third kappa shape index (κ3) is 6.23. The van der Waals surface area contributed by atoms with Crippen molar-refractivity contribution in [1.82, 2.24) is 24.5 Å². The monoisotopic (exact) mass is 841 g/mol. The molecule has 0 atom stereocenters. The van der Waals surface area contributed by atoms with Gasteiger partial charge in [-0.05, 0) is 113 Å². The van der Waals surface area contributed by atoms with Gasteiger partial charge in [0, 0.05) is 49.0 Å². The first-order chi connectivity index (χ1) is 24.1. The molecule has 0 aliphatic heterocycles. The zero-order valence-corrected chi connectivity index (χ0v) is 30.7. The van der Waals surface area contributed by atoms with Crippen LogP contribution >= 0.6 is 47.8 Å². The van der Waals surface area contributed by atoms with Gasteiger partial charge in [-0.3, -0.25) is 19.9 Å². The van der Waals surface area contributed by atoms with Gasteiger partial charge in [-0.1, -0.05) is 92.4 Å². The van der Waals surface area contributed by atoms with Crippen molar-refractivity contribution >= 4 is 91.7 Å². The summed E-state index contributed by atoms with van der Waals surface area (Å²) in [5.74, 6) is 0. The molecule has 0 saturated carbocycles. The predicted octanol–water partition coefficient (Wildman–Crippen LogP) is 12.5. The highest BCUT2D eigenvalue weighted by Gasteiger charge is 2.17. The fraction of sp³-hybridized carbons (Fsp3) is 0.0476. The van der Waals surface area contributed by atoms with Gasteiger partial charge in [0.15, 0.2) is 0 Å². The van der Waals surface area contributed by atoms with Crippen molar-refractivity contribution < 1.29 is 0 Å². The molecule has 0 radical (unpaired) electrons. The lowest BCUT2D eigenvalue weighted by atomic mass is 10.1. The fourth-order valence-electron chi connectivity index (χ4n) is 6.44. The minimum absolute atomic E-state index is 0. The topological polar surface area (TPSA) is 56.5 Å². The van der Waals surface area contributed by atoms with Crippen LogP contribution < -0.4 is 0 Å². The molecule has 0 saturated heterocycles. The molecule has 9 aromatic rings. The van der Waals surface area contributed by atoms with E-state index in [1.807, 2.05) is 18.2 Å². The van der Waals surface area contributed by atoms with Crippen molar-refractivity contribution in [1.29, 1.82) is 0 Å². The second-order valence-corrected chi connectivity index (χ2v) is 14.0. The summed E-state index contributed by atoms with van der Waals surface area (Å²) in [5.41, 5.74) is 12.7. The van der Waals surface area contributed by atoms with E-state index >= 15 is 0 Å². The highest BCUT2D eigenvalue weighted by molar-refractivity contribution is 9.11. The van der Waals surface area contributed by atoms with Crippen molar-refractivity contribution in [2.45, 2.75) is 13.8 Å². The number of fused-ring (bicyclic) bond motifs is 8. The van der Waals surface area contributed by atoms with E-state index in [4.69, 9.17) is 0 Å². The molecular weight excluding hydrogens is 814 g/mol. The van der Waals surface area contributed by atoms with Gasteiger partial charge >= 0.3 is 0 Å². The van der Waals surface area contributed by atoms with Crippen LogP contribution in [0.1, 0.15) is 18.6 Å². The first-order valence-electron chi connectivity index (χ1n) is 15.7. The van der Waals surface area contributed by atoms with E-state index < -0.39 is 0 Å². The Morgan fingerprint density at radius 1 is 0.420 bits per heavy atom. The standard InChI is InChI=1S/C20H12BrN3.C13H10.C8H4Br2N2.CH4/c21-15-9-10-18(20-19(15)22-11-12-23-20)24-16-7-3-1-5-13(16)14-6-2-4-8-17(14)24;1-3-7-12-10(5-1)9-11-6-2-4-8-13(11)12;9-5-1-2-6(10)8-7(5)11-3-4-12-8;/h1-12H;1-8H,9H2;1-4H;1H4. The Hall–Kier alpha value is -4.76. The van der Waals surface area contributed by atoms with Gasteiger partial charge in [0.25, 0.3) is 0 Å². The highest BCUT2D eigenvalue weighted by atomic mass is 79.9. The van der Waals surface area contributed by atoms with Crippen molar-refractivity contribution in [3.8, 4) is 16.8 Å². The molecule has 10 rings (SSSR count). The fourth-order valence-corrected chi connectivity index (χ4v) is 7.71. The lowest BCUT2D eigenvalue weighted by Crippen LogP contribution is -1.97. The van der Waals surface area contributed by atoms with Crippen LogP contribution in [0.4, 0.5) is 0 Å². The number of para-hydroxylation sites is 2. The minimum Gasteiger partial charge on any atom is -0.307 e. The maximum atomic E-state index is 4.60. The molecule has 244 valence electrons. The van der Waals surface area contributed by atoms with Crippen LogP contribution in [-0.4, -0.2) is 24.5 Å². The highest BCUT2D eigenvalue weighted by Crippen LogP contribution is 2.36. The molecule has 1 aliphatic rings. The number of benzene rings is 6. The minimum atomic E-state index is 0. The second-order valence-electron chi connectivity index (χ2n) is 11.5. The zero-order valence-electron chi connectivity index (χ0n) is 25.9. The lowest BCUT2D eigenvalue weighted by molar-refractivity contribution is 1.17. The molecule has 3 aromatic heterocycles. The van der Waals surface area contributed by atoms with Crippen LogP contribution in [0.25, 0.3) is 60.7 Å². The average Bonchev–Trinajstić information content (AvgIpc) is 3.70. The third-order valence-corrected chi connectivity index (χ3v) is 10.5. The lowest BCUT2D eigenvalue weighted by Gasteiger charge is -2.11. The van der Waals surface area contributed by atoms with Gasteiger partial charge in [0.2, 0.25) is 0 Å². The number of aromatic nitrogens is 5. The molecule has 1 aliphatic carbocycles. The maximum Gasteiger partial charge on any atom is 0.114 e. The number of hydrogen-bond acceptors (Lipinski definition) is 4. The van der Waals surface area contributed by atoms with Crippen LogP contribution in [0.2, 0.25) is 0 Å². The molecule has 0 spiro atoms. The van der Waals surface area contributed by atoms with Gasteiger partial charge in [-0.2, -0.15) is 0 Å². The summed E-state index contributed by atoms with van der Waals surface area (Å²) >= 11 is 10.4. The van der Waals surface area contributed by atoms with Gasteiger partial charge in [-0.25, -0.2) is 0 Å². The van der Waals surface area contributed by atoms with Crippen LogP contribution in [0.5, 0.6) is 0 Å². The smallest absolute Gasteiger partial charge is 0.114 e. The van der Waals surface area contributed by atoms with E-state index in [9.17, 15) is 0 Å². The van der Waals surface area contributed by atoms with E-state index in [1.165, 1.54) is 44.1 Å². The van der Waals surface area contributed by atoms with Gasteiger partial charge in [0.05, 0.1) is 16.7 Å². The van der Waals surface area contributed by atoms with Gasteiger partial charge in [-0.15, -0.1) is 0 Å². The Balaban J connectivity index is 0.000000128. The number of rotatable bonds is 1. The van der Waals surface area contributed by atoms with E-state index in [0.29, 0.717) is 0 Å². The first kappa shape index (κ1) is 33.7. The third-order valence-electron chi connectivity index (χ3n) is 8.61. The molecule has 3 heterocycles. The summed E-state index contributed by atoms with van der Waals surface area (Å²) in [6, 6.07) is 42.3. The summed E-state index contributed by atoms with van der Waals surface area (Å²) in [6.45, 7) is 0. The summed E-state index contributed by atoms with van der Waals surface area (Å²) in [7, 11) is 0. The van der Waals surface area contributed by atoms with Crippen LogP contribution in [-0.2, 0) is 6.42 Å². The molecule has 0 amide bonds. The second kappa shape index (κ2) is 14.6. The molecule has 50 heavy (non-hydrogen) atoms. The normalized spacial score (nSPS) is 11.3. The van der Waals surface area contributed by atoms with Crippen molar-refractivity contribution in [2.24, 2.45) is 0 Å². The Kier molecular flexibility index (Phi) is 9.85. The molecular formula is C42H30Br3N5. The Bertz CT molecular complexity index is 2510. The Morgan fingerprint density at radius 3 is 1.30 bits per heavy atom. The van der Waals surface area contributed by atoms with Gasteiger partial charge < -0.3 is 4.57 Å². The van der Waals surface area contributed by atoms with E-state index in [2.05, 4.69) is 175 Å². The number of hydrogen-bond donors (Lipinski definition) is 0. The first-order valence-corrected chi connectivity index (χ1v) is 18.0. The Labute approximate surface area is 315 Å². The summed E-state index contributed by atoms with van der Waals surface area (Å²) in [6.07, 6.45) is 7.93. The molecule has 8 heteroatoms. The molecule has 0 N–H and O–H groups in total. The summed E-state index contributed by atoms with van der Waals surface area (Å²) in [4.78, 5) is 17.5. The molecule has 0 bridgehead atoms. The SMILES string of the molecule is Brc1ccc(-n2c3ccccc3c3ccccc32)c2nccnc12.Brc1ccc(Br)c2nccnc12.C.c1ccc2c(c1)Cc1ccccc1-2. The summed E-state index contributed by atoms with van der Waals surface area (Å²) < 4.78 is 5.16. The Morgan fingerprint density at radius 2 is 0.800 bits per heavy atom. The predicted molar refractivity (Wildman–Crippen MR) is 218 cm³/mol. The summed E-state index contributed by atoms with van der Waals surface area (Å²) in [5, 5.41) is 2.49. The number of halogens is 3. The average molecular weight is 844 g/mol. The van der Waals surface area contributed by atoms with Crippen molar-refractivity contribution in [2.75, 3.05) is 0 Å². The maximum absolute atomic E-state index is 4.60. The van der Waals surface area contributed by atoms with E-state index in [1.54, 1.807) is 24.8 Å². The molecule has 0 fully saturated rings. The number of nitrogens with zero attached hydrogens (tertiary/aromatic N) is 5. The van der Waals surface area contributed by atoms with Crippen molar-refractivity contribution in [3.05, 3.63) is 171 Å². The van der Waals surface area contributed by atoms with E-state index in [-0.39, 0.29) is 7.43 Å². The van der Waals surface area contributed by atoms with Crippen LogP contribution in [0.3, 0.4) is 0 Å². The molecule has 6 aromatic carbocycles. The zero-order chi connectivity index (χ0) is 33.3. The molecule has 0 unspecified atom stereocenters. The van der Waals surface area contributed by atoms with Crippen LogP contribution in [0.15, 0.2) is 160 Å². The quantitative estimate of drug-likeness (QED) is 0.165.